The number of hydrogen-bond acceptors (Lipinski definition) is 4. The van der Waals surface area contributed by atoms with Gasteiger partial charge in [-0.1, -0.05) is 0 Å². The first kappa shape index (κ1) is 9.76. The second kappa shape index (κ2) is 3.16. The number of carbonyl (C=O) groups is 1. The number of aromatic nitrogens is 4. The van der Waals surface area contributed by atoms with Gasteiger partial charge in [0.1, 0.15) is 0 Å². The third kappa shape index (κ3) is 1.17. The zero-order valence-electron chi connectivity index (χ0n) is 9.45. The lowest BCUT2D eigenvalue weighted by Crippen LogP contribution is -2.05. The highest BCUT2D eigenvalue weighted by molar-refractivity contribution is 5.88. The molecule has 6 nitrogen and oxygen atoms in total. The number of carboxylic acids is 1. The average molecular weight is 242 g/mol. The fourth-order valence-corrected chi connectivity index (χ4v) is 2.86. The zero-order chi connectivity index (χ0) is 12.3. The Hall–Kier alpha value is -2.24. The minimum atomic E-state index is -0.963. The fourth-order valence-electron chi connectivity index (χ4n) is 2.86. The number of hydrogen-bond donors (Lipinski definition) is 1. The molecule has 2 atom stereocenters. The Balaban J connectivity index is 1.94. The molecule has 0 amide bonds. The van der Waals surface area contributed by atoms with Gasteiger partial charge in [-0.2, -0.15) is 5.10 Å². The topological polar surface area (TPSA) is 80.9 Å². The molecule has 6 heteroatoms. The maximum absolute atomic E-state index is 11.2. The summed E-state index contributed by atoms with van der Waals surface area (Å²) >= 11 is 0. The molecule has 0 bridgehead atoms. The number of fused-ring (bicyclic) bond motifs is 3. The summed E-state index contributed by atoms with van der Waals surface area (Å²) < 4.78 is 1.66. The minimum absolute atomic E-state index is 0.169. The van der Waals surface area contributed by atoms with E-state index in [9.17, 15) is 9.90 Å². The zero-order valence-corrected chi connectivity index (χ0v) is 9.45. The minimum Gasteiger partial charge on any atom is -0.476 e. The van der Waals surface area contributed by atoms with Gasteiger partial charge in [-0.25, -0.2) is 14.5 Å². The first-order valence-corrected chi connectivity index (χ1v) is 5.87. The van der Waals surface area contributed by atoms with Gasteiger partial charge < -0.3 is 5.11 Å². The molecule has 1 fully saturated rings. The maximum atomic E-state index is 11.2. The van der Waals surface area contributed by atoms with Gasteiger partial charge in [-0.3, -0.25) is 4.98 Å². The molecular weight excluding hydrogens is 232 g/mol. The Kier molecular flexibility index (Phi) is 1.71. The van der Waals surface area contributed by atoms with Crippen molar-refractivity contribution < 1.29 is 9.90 Å². The fraction of sp³-hybridized carbons (Fsp3) is 0.333. The average Bonchev–Trinajstić information content (AvgIpc) is 2.88. The van der Waals surface area contributed by atoms with Crippen LogP contribution in [0.5, 0.6) is 0 Å². The quantitative estimate of drug-likeness (QED) is 0.850. The van der Waals surface area contributed by atoms with Crippen LogP contribution in [0, 0.1) is 5.92 Å². The summed E-state index contributed by atoms with van der Waals surface area (Å²) in [6.45, 7) is 0. The molecule has 2 aliphatic carbocycles. The molecule has 2 aliphatic rings. The van der Waals surface area contributed by atoms with Crippen molar-refractivity contribution in [2.24, 2.45) is 5.92 Å². The normalized spacial score (nSPS) is 23.6. The highest BCUT2D eigenvalue weighted by Gasteiger charge is 2.50. The number of rotatable bonds is 2. The van der Waals surface area contributed by atoms with Crippen molar-refractivity contribution in [3.05, 3.63) is 35.5 Å². The van der Waals surface area contributed by atoms with Gasteiger partial charge in [-0.15, -0.1) is 0 Å². The summed E-state index contributed by atoms with van der Waals surface area (Å²) in [7, 11) is 0. The van der Waals surface area contributed by atoms with Crippen molar-refractivity contribution >= 4 is 5.97 Å². The van der Waals surface area contributed by atoms with Gasteiger partial charge in [0, 0.05) is 23.9 Å². The second-order valence-corrected chi connectivity index (χ2v) is 4.80. The van der Waals surface area contributed by atoms with Gasteiger partial charge in [0.2, 0.25) is 0 Å². The number of nitrogens with zero attached hydrogens (tertiary/aromatic N) is 4. The Morgan fingerprint density at radius 3 is 3.06 bits per heavy atom. The Morgan fingerprint density at radius 1 is 1.44 bits per heavy atom. The van der Waals surface area contributed by atoms with Crippen molar-refractivity contribution in [2.75, 3.05) is 0 Å². The van der Waals surface area contributed by atoms with E-state index in [1.54, 1.807) is 23.3 Å². The first-order chi connectivity index (χ1) is 8.75. The number of aromatic carboxylic acids is 1. The molecule has 0 aliphatic heterocycles. The molecular formula is C12H10N4O2. The lowest BCUT2D eigenvalue weighted by atomic mass is 10.1. The highest BCUT2D eigenvalue weighted by Crippen LogP contribution is 2.57. The SMILES string of the molecule is O=C(O)c1nn(-c2cnccn2)c2c1CC1C[C@H]21. The molecule has 1 N–H and O–H groups in total. The molecule has 0 aromatic carbocycles. The van der Waals surface area contributed by atoms with Crippen molar-refractivity contribution in [2.45, 2.75) is 18.8 Å². The third-order valence-corrected chi connectivity index (χ3v) is 3.73. The van der Waals surface area contributed by atoms with Gasteiger partial charge in [0.05, 0.1) is 11.9 Å². The number of carboxylic acid groups (broad SMARTS) is 1. The molecule has 2 aromatic rings. The maximum Gasteiger partial charge on any atom is 0.356 e. The molecule has 0 saturated heterocycles. The van der Waals surface area contributed by atoms with E-state index in [1.165, 1.54) is 0 Å². The van der Waals surface area contributed by atoms with Crippen LogP contribution in [0.1, 0.15) is 34.1 Å². The van der Waals surface area contributed by atoms with Crippen LogP contribution in [0.4, 0.5) is 0 Å². The van der Waals surface area contributed by atoms with E-state index in [1.807, 2.05) is 0 Å². The smallest absolute Gasteiger partial charge is 0.356 e. The molecule has 0 spiro atoms. The third-order valence-electron chi connectivity index (χ3n) is 3.73. The van der Waals surface area contributed by atoms with Crippen molar-refractivity contribution in [3.8, 4) is 5.82 Å². The molecule has 1 unspecified atom stereocenters. The Morgan fingerprint density at radius 2 is 2.33 bits per heavy atom. The predicted molar refractivity (Wildman–Crippen MR) is 60.7 cm³/mol. The van der Waals surface area contributed by atoms with Crippen LogP contribution in [-0.4, -0.2) is 30.8 Å². The van der Waals surface area contributed by atoms with Gasteiger partial charge in [0.25, 0.3) is 0 Å². The van der Waals surface area contributed by atoms with Gasteiger partial charge in [-0.05, 0) is 18.8 Å². The van der Waals surface area contributed by atoms with E-state index in [2.05, 4.69) is 15.1 Å². The lowest BCUT2D eigenvalue weighted by molar-refractivity contribution is 0.0688. The van der Waals surface area contributed by atoms with Crippen LogP contribution in [-0.2, 0) is 6.42 Å². The molecule has 90 valence electrons. The van der Waals surface area contributed by atoms with Crippen LogP contribution in [0.2, 0.25) is 0 Å². The van der Waals surface area contributed by atoms with Crippen molar-refractivity contribution in [1.82, 2.24) is 19.7 Å². The molecule has 2 heterocycles. The standard InChI is InChI=1S/C12H10N4O2/c17-12(18)10-8-4-6-3-7(6)11(8)16(15-10)9-5-13-1-2-14-9/h1-2,5-7H,3-4H2,(H,17,18)/t6?,7-/m0/s1. The van der Waals surface area contributed by atoms with Crippen LogP contribution in [0.3, 0.4) is 0 Å². The summed E-state index contributed by atoms with van der Waals surface area (Å²) in [4.78, 5) is 19.4. The van der Waals surface area contributed by atoms with E-state index in [0.29, 0.717) is 17.7 Å². The summed E-state index contributed by atoms with van der Waals surface area (Å²) in [6, 6.07) is 0. The van der Waals surface area contributed by atoms with E-state index in [4.69, 9.17) is 0 Å². The lowest BCUT2D eigenvalue weighted by Gasteiger charge is -2.03. The molecule has 18 heavy (non-hydrogen) atoms. The highest BCUT2D eigenvalue weighted by atomic mass is 16.4. The van der Waals surface area contributed by atoms with Crippen molar-refractivity contribution in [3.63, 3.8) is 0 Å². The summed E-state index contributed by atoms with van der Waals surface area (Å²) in [5.74, 6) is 0.700. The Labute approximate surface area is 102 Å². The summed E-state index contributed by atoms with van der Waals surface area (Å²) in [5.41, 5.74) is 2.08. The van der Waals surface area contributed by atoms with Crippen LogP contribution >= 0.6 is 0 Å². The van der Waals surface area contributed by atoms with Gasteiger partial charge in [0.15, 0.2) is 11.5 Å². The van der Waals surface area contributed by atoms with E-state index in [0.717, 1.165) is 24.1 Å². The van der Waals surface area contributed by atoms with Gasteiger partial charge >= 0.3 is 5.97 Å². The second-order valence-electron chi connectivity index (χ2n) is 4.80. The summed E-state index contributed by atoms with van der Waals surface area (Å²) in [6.07, 6.45) is 6.75. The Bertz CT molecular complexity index is 650. The van der Waals surface area contributed by atoms with Crippen LogP contribution < -0.4 is 0 Å². The summed E-state index contributed by atoms with van der Waals surface area (Å²) in [5, 5.41) is 13.4. The largest absolute Gasteiger partial charge is 0.476 e. The van der Waals surface area contributed by atoms with E-state index in [-0.39, 0.29) is 5.69 Å². The van der Waals surface area contributed by atoms with E-state index >= 15 is 0 Å². The van der Waals surface area contributed by atoms with Crippen molar-refractivity contribution in [1.29, 1.82) is 0 Å². The monoisotopic (exact) mass is 242 g/mol. The van der Waals surface area contributed by atoms with Crippen LogP contribution in [0.25, 0.3) is 5.82 Å². The molecule has 4 rings (SSSR count). The molecule has 1 saturated carbocycles. The predicted octanol–water partition coefficient (Wildman–Crippen LogP) is 1.02. The first-order valence-electron chi connectivity index (χ1n) is 5.87. The van der Waals surface area contributed by atoms with E-state index < -0.39 is 5.97 Å². The molecule has 2 aromatic heterocycles. The molecule has 0 radical (unpaired) electrons. The van der Waals surface area contributed by atoms with Crippen LogP contribution in [0.15, 0.2) is 18.6 Å².